The molecule has 2 aromatic heterocycles. The van der Waals surface area contributed by atoms with Gasteiger partial charge in [0.2, 0.25) is 0 Å². The van der Waals surface area contributed by atoms with E-state index < -0.39 is 0 Å². The summed E-state index contributed by atoms with van der Waals surface area (Å²) >= 11 is 1.55. The Kier molecular flexibility index (Phi) is 3.55. The molecule has 2 heterocycles. The SMILES string of the molecule is c1ccc(Cn2cc(CSc3ncn[nH]3)nn2)cc1. The molecule has 0 fully saturated rings. The Morgan fingerprint density at radius 1 is 1.21 bits per heavy atom. The lowest BCUT2D eigenvalue weighted by Crippen LogP contribution is -1.99. The second kappa shape index (κ2) is 5.66. The maximum atomic E-state index is 4.14. The van der Waals surface area contributed by atoms with Gasteiger partial charge in [0.05, 0.1) is 12.2 Å². The van der Waals surface area contributed by atoms with Gasteiger partial charge in [-0.2, -0.15) is 5.10 Å². The minimum absolute atomic E-state index is 0.726. The molecule has 0 saturated heterocycles. The molecule has 1 aromatic carbocycles. The van der Waals surface area contributed by atoms with Crippen molar-refractivity contribution < 1.29 is 0 Å². The number of rotatable bonds is 5. The number of hydrogen-bond acceptors (Lipinski definition) is 5. The van der Waals surface area contributed by atoms with Crippen molar-refractivity contribution in [1.29, 1.82) is 0 Å². The lowest BCUT2D eigenvalue weighted by atomic mass is 10.2. The third kappa shape index (κ3) is 3.19. The lowest BCUT2D eigenvalue weighted by molar-refractivity contribution is 0.649. The van der Waals surface area contributed by atoms with Gasteiger partial charge in [0, 0.05) is 11.9 Å². The fourth-order valence-corrected chi connectivity index (χ4v) is 2.31. The second-order valence-electron chi connectivity index (χ2n) is 3.97. The van der Waals surface area contributed by atoms with Gasteiger partial charge in [-0.25, -0.2) is 9.67 Å². The van der Waals surface area contributed by atoms with Crippen LogP contribution in [-0.4, -0.2) is 30.2 Å². The molecular formula is C12H12N6S. The van der Waals surface area contributed by atoms with Crippen LogP contribution in [-0.2, 0) is 12.3 Å². The van der Waals surface area contributed by atoms with Crippen LogP contribution in [0, 0.1) is 0 Å². The summed E-state index contributed by atoms with van der Waals surface area (Å²) in [6.07, 6.45) is 3.45. The molecule has 0 aliphatic heterocycles. The fraction of sp³-hybridized carbons (Fsp3) is 0.167. The van der Waals surface area contributed by atoms with E-state index in [0.717, 1.165) is 23.1 Å². The monoisotopic (exact) mass is 272 g/mol. The number of benzene rings is 1. The van der Waals surface area contributed by atoms with E-state index in [2.05, 4.69) is 37.6 Å². The van der Waals surface area contributed by atoms with Gasteiger partial charge in [0.1, 0.15) is 6.33 Å². The molecule has 0 amide bonds. The van der Waals surface area contributed by atoms with Gasteiger partial charge in [-0.15, -0.1) is 5.10 Å². The zero-order valence-electron chi connectivity index (χ0n) is 10.1. The standard InChI is InChI=1S/C12H12N6S/c1-2-4-10(5-3-1)6-18-7-11(15-17-18)8-19-12-13-9-14-16-12/h1-5,7,9H,6,8H2,(H,13,14,16). The summed E-state index contributed by atoms with van der Waals surface area (Å²) in [5, 5.41) is 15.6. The van der Waals surface area contributed by atoms with E-state index in [4.69, 9.17) is 0 Å². The van der Waals surface area contributed by atoms with E-state index in [1.165, 1.54) is 11.9 Å². The Hall–Kier alpha value is -2.15. The maximum Gasteiger partial charge on any atom is 0.183 e. The van der Waals surface area contributed by atoms with Crippen LogP contribution >= 0.6 is 11.8 Å². The number of nitrogens with zero attached hydrogens (tertiary/aromatic N) is 5. The first kappa shape index (κ1) is 11.9. The first-order chi connectivity index (χ1) is 9.40. The molecule has 7 heteroatoms. The molecular weight excluding hydrogens is 260 g/mol. The Bertz CT molecular complexity index is 619. The fourth-order valence-electron chi connectivity index (χ4n) is 1.66. The van der Waals surface area contributed by atoms with Crippen molar-refractivity contribution >= 4 is 11.8 Å². The molecule has 96 valence electrons. The van der Waals surface area contributed by atoms with E-state index >= 15 is 0 Å². The van der Waals surface area contributed by atoms with Gasteiger partial charge in [-0.3, -0.25) is 5.10 Å². The minimum Gasteiger partial charge on any atom is -0.254 e. The van der Waals surface area contributed by atoms with Crippen LogP contribution in [0.2, 0.25) is 0 Å². The van der Waals surface area contributed by atoms with Crippen molar-refractivity contribution in [3.8, 4) is 0 Å². The van der Waals surface area contributed by atoms with Gasteiger partial charge in [0.25, 0.3) is 0 Å². The normalized spacial score (nSPS) is 10.7. The molecule has 0 spiro atoms. The van der Waals surface area contributed by atoms with Gasteiger partial charge >= 0.3 is 0 Å². The first-order valence-corrected chi connectivity index (χ1v) is 6.80. The van der Waals surface area contributed by atoms with E-state index in [0.29, 0.717) is 0 Å². The van der Waals surface area contributed by atoms with Crippen LogP contribution in [0.15, 0.2) is 48.0 Å². The predicted octanol–water partition coefficient (Wildman–Crippen LogP) is 1.74. The average molecular weight is 272 g/mol. The van der Waals surface area contributed by atoms with Crippen LogP contribution in [0.25, 0.3) is 0 Å². The highest BCUT2D eigenvalue weighted by Gasteiger charge is 2.04. The zero-order valence-corrected chi connectivity index (χ0v) is 10.9. The lowest BCUT2D eigenvalue weighted by Gasteiger charge is -1.99. The molecule has 0 unspecified atom stereocenters. The largest absolute Gasteiger partial charge is 0.254 e. The summed E-state index contributed by atoms with van der Waals surface area (Å²) in [7, 11) is 0. The van der Waals surface area contributed by atoms with E-state index in [1.54, 1.807) is 11.8 Å². The van der Waals surface area contributed by atoms with Crippen LogP contribution in [0.1, 0.15) is 11.3 Å². The molecule has 3 aromatic rings. The summed E-state index contributed by atoms with van der Waals surface area (Å²) in [4.78, 5) is 4.05. The average Bonchev–Trinajstić information content (AvgIpc) is 3.09. The van der Waals surface area contributed by atoms with Crippen molar-refractivity contribution in [2.24, 2.45) is 0 Å². The Morgan fingerprint density at radius 2 is 2.11 bits per heavy atom. The van der Waals surface area contributed by atoms with Gasteiger partial charge in [0.15, 0.2) is 5.16 Å². The highest BCUT2D eigenvalue weighted by molar-refractivity contribution is 7.98. The zero-order chi connectivity index (χ0) is 12.9. The summed E-state index contributed by atoms with van der Waals surface area (Å²) in [5.41, 5.74) is 2.14. The van der Waals surface area contributed by atoms with Crippen molar-refractivity contribution in [3.05, 3.63) is 54.1 Å². The van der Waals surface area contributed by atoms with Crippen LogP contribution < -0.4 is 0 Å². The second-order valence-corrected chi connectivity index (χ2v) is 4.94. The van der Waals surface area contributed by atoms with Gasteiger partial charge in [-0.05, 0) is 5.56 Å². The Morgan fingerprint density at radius 3 is 2.89 bits per heavy atom. The Labute approximate surface area is 114 Å². The van der Waals surface area contributed by atoms with Crippen LogP contribution in [0.3, 0.4) is 0 Å². The van der Waals surface area contributed by atoms with Crippen molar-refractivity contribution in [1.82, 2.24) is 30.2 Å². The molecule has 0 atom stereocenters. The third-order valence-electron chi connectivity index (χ3n) is 2.52. The van der Waals surface area contributed by atoms with Crippen LogP contribution in [0.4, 0.5) is 0 Å². The Balaban J connectivity index is 1.60. The van der Waals surface area contributed by atoms with Crippen molar-refractivity contribution in [3.63, 3.8) is 0 Å². The first-order valence-electron chi connectivity index (χ1n) is 5.81. The number of thioether (sulfide) groups is 1. The minimum atomic E-state index is 0.726. The van der Waals surface area contributed by atoms with Gasteiger partial charge in [-0.1, -0.05) is 47.3 Å². The summed E-state index contributed by atoms with van der Waals surface area (Å²) in [5.74, 6) is 0.726. The maximum absolute atomic E-state index is 4.14. The number of nitrogens with one attached hydrogen (secondary N) is 1. The predicted molar refractivity (Wildman–Crippen MR) is 71.5 cm³/mol. The molecule has 3 rings (SSSR count). The van der Waals surface area contributed by atoms with E-state index in [1.807, 2.05) is 29.1 Å². The highest BCUT2D eigenvalue weighted by Crippen LogP contribution is 2.16. The molecule has 19 heavy (non-hydrogen) atoms. The van der Waals surface area contributed by atoms with Crippen molar-refractivity contribution in [2.75, 3.05) is 0 Å². The molecule has 0 aliphatic rings. The topological polar surface area (TPSA) is 72.3 Å². The molecule has 0 saturated carbocycles. The van der Waals surface area contributed by atoms with E-state index in [9.17, 15) is 0 Å². The number of hydrogen-bond donors (Lipinski definition) is 1. The number of aromatic nitrogens is 6. The molecule has 6 nitrogen and oxygen atoms in total. The number of H-pyrrole nitrogens is 1. The summed E-state index contributed by atoms with van der Waals surface area (Å²) in [6.45, 7) is 0.737. The highest BCUT2D eigenvalue weighted by atomic mass is 32.2. The molecule has 0 bridgehead atoms. The van der Waals surface area contributed by atoms with E-state index in [-0.39, 0.29) is 0 Å². The van der Waals surface area contributed by atoms with Gasteiger partial charge < -0.3 is 0 Å². The smallest absolute Gasteiger partial charge is 0.183 e. The molecule has 0 aliphatic carbocycles. The molecule has 1 N–H and O–H groups in total. The summed E-state index contributed by atoms with van der Waals surface area (Å²) < 4.78 is 1.84. The number of aromatic amines is 1. The molecule has 0 radical (unpaired) electrons. The van der Waals surface area contributed by atoms with Crippen molar-refractivity contribution in [2.45, 2.75) is 17.5 Å². The quantitative estimate of drug-likeness (QED) is 0.716. The summed E-state index contributed by atoms with van der Waals surface area (Å²) in [6, 6.07) is 10.2. The van der Waals surface area contributed by atoms with Crippen LogP contribution in [0.5, 0.6) is 0 Å². The third-order valence-corrected chi connectivity index (χ3v) is 3.43.